The monoisotopic (exact) mass is 378 g/mol. The van der Waals surface area contributed by atoms with Gasteiger partial charge in [-0.25, -0.2) is 8.42 Å². The fraction of sp³-hybridized carbons (Fsp3) is 0.462. The van der Waals surface area contributed by atoms with Crippen molar-refractivity contribution >= 4 is 37.5 Å². The Kier molecular flexibility index (Phi) is 7.13. The van der Waals surface area contributed by atoms with Crippen LogP contribution in [0.1, 0.15) is 6.42 Å². The van der Waals surface area contributed by atoms with Gasteiger partial charge in [0.25, 0.3) is 0 Å². The van der Waals surface area contributed by atoms with E-state index in [4.69, 9.17) is 4.74 Å². The fourth-order valence-corrected chi connectivity index (χ4v) is 2.90. The van der Waals surface area contributed by atoms with E-state index in [9.17, 15) is 13.2 Å². The highest BCUT2D eigenvalue weighted by Gasteiger charge is 2.20. The molecule has 1 amide bonds. The topological polar surface area (TPSA) is 75.7 Å². The minimum Gasteiger partial charge on any atom is -0.385 e. The lowest BCUT2D eigenvalue weighted by Crippen LogP contribution is -2.40. The van der Waals surface area contributed by atoms with Crippen molar-refractivity contribution in [1.82, 2.24) is 5.32 Å². The third-order valence-corrected chi connectivity index (χ3v) is 4.26. The van der Waals surface area contributed by atoms with Gasteiger partial charge in [-0.1, -0.05) is 22.0 Å². The number of carbonyl (C=O) groups is 1. The van der Waals surface area contributed by atoms with Crippen LogP contribution >= 0.6 is 15.9 Å². The van der Waals surface area contributed by atoms with Gasteiger partial charge in [-0.2, -0.15) is 0 Å². The number of nitrogens with one attached hydrogen (secondary N) is 1. The second-order valence-corrected chi connectivity index (χ2v) is 7.27. The highest BCUT2D eigenvalue weighted by molar-refractivity contribution is 9.10. The van der Waals surface area contributed by atoms with E-state index in [2.05, 4.69) is 21.2 Å². The highest BCUT2D eigenvalue weighted by Crippen LogP contribution is 2.21. The van der Waals surface area contributed by atoms with Crippen LogP contribution < -0.4 is 9.62 Å². The van der Waals surface area contributed by atoms with Gasteiger partial charge in [0, 0.05) is 24.7 Å². The summed E-state index contributed by atoms with van der Waals surface area (Å²) in [4.78, 5) is 11.9. The molecule has 0 aliphatic rings. The maximum atomic E-state index is 11.9. The third kappa shape index (κ3) is 6.45. The number of anilines is 1. The maximum Gasteiger partial charge on any atom is 0.240 e. The van der Waals surface area contributed by atoms with Gasteiger partial charge >= 0.3 is 0 Å². The standard InChI is InChI=1S/C13H19BrN2O4S/c1-20-8-4-7-15-13(17)10-16(21(2,18)19)12-6-3-5-11(14)9-12/h3,5-6,9H,4,7-8,10H2,1-2H3,(H,15,17). The van der Waals surface area contributed by atoms with Gasteiger partial charge in [-0.3, -0.25) is 9.10 Å². The molecule has 21 heavy (non-hydrogen) atoms. The predicted octanol–water partition coefficient (Wildman–Crippen LogP) is 1.37. The lowest BCUT2D eigenvalue weighted by atomic mass is 10.3. The average Bonchev–Trinajstić information content (AvgIpc) is 2.40. The molecule has 0 aromatic heterocycles. The molecule has 118 valence electrons. The molecule has 0 bridgehead atoms. The number of sulfonamides is 1. The Morgan fingerprint density at radius 2 is 2.14 bits per heavy atom. The van der Waals surface area contributed by atoms with E-state index in [1.165, 1.54) is 0 Å². The van der Waals surface area contributed by atoms with Crippen LogP contribution in [0.4, 0.5) is 5.69 Å². The number of ether oxygens (including phenoxy) is 1. The first-order chi connectivity index (χ1) is 9.84. The summed E-state index contributed by atoms with van der Waals surface area (Å²) in [5.74, 6) is -0.350. The zero-order valence-electron chi connectivity index (χ0n) is 12.0. The predicted molar refractivity (Wildman–Crippen MR) is 85.8 cm³/mol. The van der Waals surface area contributed by atoms with Crippen molar-refractivity contribution in [2.75, 3.05) is 37.4 Å². The zero-order chi connectivity index (χ0) is 15.9. The van der Waals surface area contributed by atoms with Crippen LogP contribution in [0.3, 0.4) is 0 Å². The molecular weight excluding hydrogens is 360 g/mol. The minimum atomic E-state index is -3.54. The molecule has 0 fully saturated rings. The fourth-order valence-electron chi connectivity index (χ4n) is 1.66. The first kappa shape index (κ1) is 17.9. The Morgan fingerprint density at radius 3 is 2.71 bits per heavy atom. The normalized spacial score (nSPS) is 11.2. The number of rotatable bonds is 8. The summed E-state index contributed by atoms with van der Waals surface area (Å²) in [6, 6.07) is 6.80. The second-order valence-electron chi connectivity index (χ2n) is 4.45. The van der Waals surface area contributed by atoms with Crippen LogP contribution in [0.25, 0.3) is 0 Å². The molecule has 0 saturated carbocycles. The van der Waals surface area contributed by atoms with E-state index in [0.29, 0.717) is 25.3 Å². The van der Waals surface area contributed by atoms with Crippen LogP contribution in [0.2, 0.25) is 0 Å². The summed E-state index contributed by atoms with van der Waals surface area (Å²) in [6.45, 7) is 0.743. The summed E-state index contributed by atoms with van der Waals surface area (Å²) in [6.07, 6.45) is 1.75. The van der Waals surface area contributed by atoms with E-state index in [-0.39, 0.29) is 12.5 Å². The number of hydrogen-bond donors (Lipinski definition) is 1. The van der Waals surface area contributed by atoms with Gasteiger partial charge in [0.1, 0.15) is 6.54 Å². The molecule has 0 radical (unpaired) electrons. The molecule has 1 rings (SSSR count). The first-order valence-corrected chi connectivity index (χ1v) is 8.97. The van der Waals surface area contributed by atoms with Crippen LogP contribution in [-0.4, -0.2) is 47.4 Å². The van der Waals surface area contributed by atoms with Crippen LogP contribution in [0.5, 0.6) is 0 Å². The minimum absolute atomic E-state index is 0.248. The van der Waals surface area contributed by atoms with Crippen LogP contribution in [0.15, 0.2) is 28.7 Å². The Morgan fingerprint density at radius 1 is 1.43 bits per heavy atom. The molecule has 0 atom stereocenters. The molecule has 0 saturated heterocycles. The first-order valence-electron chi connectivity index (χ1n) is 6.33. The molecule has 1 N–H and O–H groups in total. The largest absolute Gasteiger partial charge is 0.385 e. The molecule has 0 spiro atoms. The van der Waals surface area contributed by atoms with Gasteiger partial charge in [0.2, 0.25) is 15.9 Å². The summed E-state index contributed by atoms with van der Waals surface area (Å²) >= 11 is 3.29. The van der Waals surface area contributed by atoms with E-state index in [0.717, 1.165) is 15.0 Å². The maximum absolute atomic E-state index is 11.9. The SMILES string of the molecule is COCCCNC(=O)CN(c1cccc(Br)c1)S(C)(=O)=O. The molecule has 8 heteroatoms. The second kappa shape index (κ2) is 8.35. The number of amides is 1. The average molecular weight is 379 g/mol. The highest BCUT2D eigenvalue weighted by atomic mass is 79.9. The van der Waals surface area contributed by atoms with Crippen molar-refractivity contribution in [2.45, 2.75) is 6.42 Å². The molecule has 6 nitrogen and oxygen atoms in total. The van der Waals surface area contributed by atoms with Crippen molar-refractivity contribution < 1.29 is 17.9 Å². The lowest BCUT2D eigenvalue weighted by Gasteiger charge is -2.22. The molecule has 1 aromatic carbocycles. The van der Waals surface area contributed by atoms with Crippen LogP contribution in [0, 0.1) is 0 Å². The summed E-state index contributed by atoms with van der Waals surface area (Å²) in [7, 11) is -1.95. The third-order valence-electron chi connectivity index (χ3n) is 2.63. The smallest absolute Gasteiger partial charge is 0.240 e. The Hall–Kier alpha value is -1.12. The van der Waals surface area contributed by atoms with Gasteiger partial charge in [-0.05, 0) is 24.6 Å². The van der Waals surface area contributed by atoms with Crippen molar-refractivity contribution in [1.29, 1.82) is 0 Å². The molecule has 0 heterocycles. The van der Waals surface area contributed by atoms with Gasteiger partial charge in [0.15, 0.2) is 0 Å². The van der Waals surface area contributed by atoms with Gasteiger partial charge in [-0.15, -0.1) is 0 Å². The van der Waals surface area contributed by atoms with Crippen molar-refractivity contribution in [3.8, 4) is 0 Å². The number of benzene rings is 1. The van der Waals surface area contributed by atoms with E-state index in [1.807, 2.05) is 0 Å². The summed E-state index contributed by atoms with van der Waals surface area (Å²) in [5, 5.41) is 2.67. The van der Waals surface area contributed by atoms with Crippen molar-refractivity contribution in [2.24, 2.45) is 0 Å². The summed E-state index contributed by atoms with van der Waals surface area (Å²) < 4.78 is 30.4. The molecule has 0 aliphatic carbocycles. The quantitative estimate of drug-likeness (QED) is 0.693. The molecule has 0 aliphatic heterocycles. The van der Waals surface area contributed by atoms with Gasteiger partial charge < -0.3 is 10.1 Å². The lowest BCUT2D eigenvalue weighted by molar-refractivity contribution is -0.119. The molecule has 1 aromatic rings. The van der Waals surface area contributed by atoms with E-state index in [1.54, 1.807) is 31.4 Å². The van der Waals surface area contributed by atoms with Crippen LogP contribution in [-0.2, 0) is 19.6 Å². The molecular formula is C13H19BrN2O4S. The Labute approximate surface area is 133 Å². The number of methoxy groups -OCH3 is 1. The van der Waals surface area contributed by atoms with Crippen molar-refractivity contribution in [3.63, 3.8) is 0 Å². The molecule has 0 unspecified atom stereocenters. The number of nitrogens with zero attached hydrogens (tertiary/aromatic N) is 1. The zero-order valence-corrected chi connectivity index (χ0v) is 14.4. The summed E-state index contributed by atoms with van der Waals surface area (Å²) in [5.41, 5.74) is 0.443. The van der Waals surface area contributed by atoms with Gasteiger partial charge in [0.05, 0.1) is 11.9 Å². The van der Waals surface area contributed by atoms with E-state index >= 15 is 0 Å². The van der Waals surface area contributed by atoms with E-state index < -0.39 is 10.0 Å². The number of halogens is 1. The number of carbonyl (C=O) groups excluding carboxylic acids is 1. The van der Waals surface area contributed by atoms with Crippen molar-refractivity contribution in [3.05, 3.63) is 28.7 Å². The Bertz CT molecular complexity index is 577. The number of hydrogen-bond acceptors (Lipinski definition) is 4. The Balaban J connectivity index is 2.75.